The molecule has 0 saturated carbocycles. The van der Waals surface area contributed by atoms with Crippen LogP contribution in [-0.2, 0) is 14.3 Å². The maximum absolute atomic E-state index is 12.3. The average Bonchev–Trinajstić information content (AvgIpc) is 2.50. The Morgan fingerprint density at radius 1 is 1.17 bits per heavy atom. The first kappa shape index (κ1) is 19.8. The van der Waals surface area contributed by atoms with Gasteiger partial charge in [0.05, 0.1) is 19.4 Å². The molecule has 2 amide bonds. The van der Waals surface area contributed by atoms with Crippen LogP contribution in [0.25, 0.3) is 0 Å². The van der Waals surface area contributed by atoms with Crippen molar-refractivity contribution in [2.75, 3.05) is 39.2 Å². The zero-order valence-electron chi connectivity index (χ0n) is 14.9. The van der Waals surface area contributed by atoms with Crippen molar-refractivity contribution in [3.8, 4) is 5.75 Å². The molecule has 0 aliphatic rings. The molecule has 134 valence electrons. The lowest BCUT2D eigenvalue weighted by Gasteiger charge is -2.27. The molecule has 0 bridgehead atoms. The Balaban J connectivity index is 2.74. The average molecular weight is 338 g/mol. The van der Waals surface area contributed by atoms with E-state index in [1.165, 1.54) is 19.1 Å². The second kappa shape index (κ2) is 9.12. The van der Waals surface area contributed by atoms with Gasteiger partial charge in [0.2, 0.25) is 5.91 Å². The zero-order valence-corrected chi connectivity index (χ0v) is 14.9. The van der Waals surface area contributed by atoms with E-state index >= 15 is 0 Å². The zero-order chi connectivity index (χ0) is 18.2. The Morgan fingerprint density at radius 2 is 1.83 bits per heavy atom. The molecule has 0 fully saturated rings. The summed E-state index contributed by atoms with van der Waals surface area (Å²) in [5, 5.41) is 2.73. The highest BCUT2D eigenvalue weighted by atomic mass is 16.6. The van der Waals surface area contributed by atoms with Crippen LogP contribution in [0.3, 0.4) is 0 Å². The van der Waals surface area contributed by atoms with E-state index in [2.05, 4.69) is 5.32 Å². The minimum Gasteiger partial charge on any atom is -0.495 e. The van der Waals surface area contributed by atoms with Crippen molar-refractivity contribution in [3.63, 3.8) is 0 Å². The fraction of sp³-hybridized carbons (Fsp3) is 0.529. The molecular formula is C17H26N2O5. The van der Waals surface area contributed by atoms with Gasteiger partial charge >= 0.3 is 6.09 Å². The molecule has 7 heteroatoms. The summed E-state index contributed by atoms with van der Waals surface area (Å²) in [5.41, 5.74) is -0.0949. The number of nitrogens with zero attached hydrogens (tertiary/aromatic N) is 1. The number of carbonyl (C=O) groups excluding carboxylic acids is 2. The molecule has 0 spiro atoms. The molecule has 0 heterocycles. The van der Waals surface area contributed by atoms with E-state index in [0.29, 0.717) is 18.0 Å². The highest BCUT2D eigenvalue weighted by molar-refractivity contribution is 5.95. The standard InChI is InChI=1S/C17H26N2O5/c1-17(2,3)24-16(21)19(10-11-22-4)12-15(20)18-13-8-6-7-9-14(13)23-5/h6-9H,10-12H2,1-5H3,(H,18,20). The lowest BCUT2D eigenvalue weighted by molar-refractivity contribution is -0.117. The van der Waals surface area contributed by atoms with Crippen LogP contribution < -0.4 is 10.1 Å². The third-order valence-corrected chi connectivity index (χ3v) is 2.93. The molecule has 7 nitrogen and oxygen atoms in total. The predicted molar refractivity (Wildman–Crippen MR) is 91.3 cm³/mol. The molecule has 24 heavy (non-hydrogen) atoms. The summed E-state index contributed by atoms with van der Waals surface area (Å²) in [6.07, 6.45) is -0.560. The fourth-order valence-electron chi connectivity index (χ4n) is 1.87. The normalized spacial score (nSPS) is 10.9. The number of carbonyl (C=O) groups is 2. The summed E-state index contributed by atoms with van der Waals surface area (Å²) in [7, 11) is 3.05. The maximum atomic E-state index is 12.3. The van der Waals surface area contributed by atoms with E-state index in [-0.39, 0.29) is 19.0 Å². The van der Waals surface area contributed by atoms with Gasteiger partial charge in [-0.2, -0.15) is 0 Å². The SMILES string of the molecule is COCCN(CC(=O)Nc1ccccc1OC)C(=O)OC(C)(C)C. The molecular weight excluding hydrogens is 312 g/mol. The highest BCUT2D eigenvalue weighted by Crippen LogP contribution is 2.22. The molecule has 1 aromatic rings. The van der Waals surface area contributed by atoms with Gasteiger partial charge in [0.25, 0.3) is 0 Å². The van der Waals surface area contributed by atoms with Gasteiger partial charge in [-0.15, -0.1) is 0 Å². The van der Waals surface area contributed by atoms with Crippen molar-refractivity contribution in [3.05, 3.63) is 24.3 Å². The minimum absolute atomic E-state index is 0.143. The van der Waals surface area contributed by atoms with Crippen LogP contribution in [0.1, 0.15) is 20.8 Å². The van der Waals surface area contributed by atoms with Crippen molar-refractivity contribution < 1.29 is 23.8 Å². The quantitative estimate of drug-likeness (QED) is 0.826. The second-order valence-electron chi connectivity index (χ2n) is 6.14. The third-order valence-electron chi connectivity index (χ3n) is 2.93. The first-order valence-corrected chi connectivity index (χ1v) is 7.66. The molecule has 0 aliphatic heterocycles. The van der Waals surface area contributed by atoms with Crippen LogP contribution in [-0.4, -0.2) is 56.4 Å². The second-order valence-corrected chi connectivity index (χ2v) is 6.14. The minimum atomic E-state index is -0.637. The molecule has 0 unspecified atom stereocenters. The smallest absolute Gasteiger partial charge is 0.410 e. The summed E-state index contributed by atoms with van der Waals surface area (Å²) in [6, 6.07) is 7.06. The van der Waals surface area contributed by atoms with Crippen LogP contribution in [0.2, 0.25) is 0 Å². The van der Waals surface area contributed by atoms with Crippen LogP contribution in [0.4, 0.5) is 10.5 Å². The van der Waals surface area contributed by atoms with Crippen LogP contribution in [0.15, 0.2) is 24.3 Å². The van der Waals surface area contributed by atoms with Crippen molar-refractivity contribution in [2.24, 2.45) is 0 Å². The Kier molecular flexibility index (Phi) is 7.51. The highest BCUT2D eigenvalue weighted by Gasteiger charge is 2.24. The first-order valence-electron chi connectivity index (χ1n) is 7.66. The van der Waals surface area contributed by atoms with E-state index in [9.17, 15) is 9.59 Å². The molecule has 0 aliphatic carbocycles. The van der Waals surface area contributed by atoms with Crippen LogP contribution in [0.5, 0.6) is 5.75 Å². The van der Waals surface area contributed by atoms with Gasteiger partial charge < -0.3 is 19.5 Å². The van der Waals surface area contributed by atoms with Crippen LogP contribution >= 0.6 is 0 Å². The van der Waals surface area contributed by atoms with Crippen LogP contribution in [0, 0.1) is 0 Å². The fourth-order valence-corrected chi connectivity index (χ4v) is 1.87. The van der Waals surface area contributed by atoms with E-state index in [1.54, 1.807) is 45.0 Å². The first-order chi connectivity index (χ1) is 11.3. The van der Waals surface area contributed by atoms with E-state index < -0.39 is 11.7 Å². The van der Waals surface area contributed by atoms with Gasteiger partial charge in [-0.3, -0.25) is 9.69 Å². The van der Waals surface area contributed by atoms with Gasteiger partial charge in [0, 0.05) is 13.7 Å². The lowest BCUT2D eigenvalue weighted by Crippen LogP contribution is -2.42. The van der Waals surface area contributed by atoms with Gasteiger partial charge in [0.1, 0.15) is 17.9 Å². The summed E-state index contributed by atoms with van der Waals surface area (Å²) in [4.78, 5) is 25.8. The summed E-state index contributed by atoms with van der Waals surface area (Å²) in [6.45, 7) is 5.74. The van der Waals surface area contributed by atoms with Gasteiger partial charge in [-0.05, 0) is 32.9 Å². The summed E-state index contributed by atoms with van der Waals surface area (Å²) < 4.78 is 15.5. The Morgan fingerprint density at radius 3 is 2.42 bits per heavy atom. The number of benzene rings is 1. The van der Waals surface area contributed by atoms with Gasteiger partial charge in [-0.25, -0.2) is 4.79 Å². The third kappa shape index (κ3) is 6.87. The molecule has 1 N–H and O–H groups in total. The van der Waals surface area contributed by atoms with Crippen molar-refractivity contribution in [1.29, 1.82) is 0 Å². The summed E-state index contributed by atoms with van der Waals surface area (Å²) in [5.74, 6) is 0.202. The Bertz CT molecular complexity index is 554. The van der Waals surface area contributed by atoms with Crippen molar-refractivity contribution >= 4 is 17.7 Å². The monoisotopic (exact) mass is 338 g/mol. The van der Waals surface area contributed by atoms with Gasteiger partial charge in [0.15, 0.2) is 0 Å². The number of anilines is 1. The number of para-hydroxylation sites is 2. The van der Waals surface area contributed by atoms with E-state index in [4.69, 9.17) is 14.2 Å². The Hall–Kier alpha value is -2.28. The van der Waals surface area contributed by atoms with E-state index in [0.717, 1.165) is 0 Å². The predicted octanol–water partition coefficient (Wildman–Crippen LogP) is 2.52. The maximum Gasteiger partial charge on any atom is 0.410 e. The number of nitrogens with one attached hydrogen (secondary N) is 1. The number of ether oxygens (including phenoxy) is 3. The molecule has 0 aromatic heterocycles. The number of hydrogen-bond donors (Lipinski definition) is 1. The van der Waals surface area contributed by atoms with E-state index in [1.807, 2.05) is 0 Å². The summed E-state index contributed by atoms with van der Waals surface area (Å²) >= 11 is 0. The molecule has 0 saturated heterocycles. The van der Waals surface area contributed by atoms with Crippen molar-refractivity contribution in [1.82, 2.24) is 4.90 Å². The number of methoxy groups -OCH3 is 2. The van der Waals surface area contributed by atoms with Crippen molar-refractivity contribution in [2.45, 2.75) is 26.4 Å². The lowest BCUT2D eigenvalue weighted by atomic mass is 10.2. The Labute approximate surface area is 142 Å². The van der Waals surface area contributed by atoms with Gasteiger partial charge in [-0.1, -0.05) is 12.1 Å². The molecule has 1 rings (SSSR count). The molecule has 0 radical (unpaired) electrons. The molecule has 1 aromatic carbocycles. The molecule has 0 atom stereocenters. The number of amides is 2. The topological polar surface area (TPSA) is 77.1 Å². The number of hydrogen-bond acceptors (Lipinski definition) is 5. The largest absolute Gasteiger partial charge is 0.495 e. The number of rotatable bonds is 7.